The highest BCUT2D eigenvalue weighted by molar-refractivity contribution is 5.84. The maximum Gasteiger partial charge on any atom is 0.237 e. The Balaban J connectivity index is 2.79. The summed E-state index contributed by atoms with van der Waals surface area (Å²) in [4.78, 5) is 11.5. The van der Waals surface area contributed by atoms with Crippen LogP contribution in [-0.4, -0.2) is 18.0 Å². The number of rotatable bonds is 6. The highest BCUT2D eigenvalue weighted by Crippen LogP contribution is 2.14. The topological polar surface area (TPSA) is 55.1 Å². The average Bonchev–Trinajstić information content (AvgIpc) is 2.29. The minimum absolute atomic E-state index is 0.281. The first-order valence-electron chi connectivity index (χ1n) is 5.77. The zero-order valence-corrected chi connectivity index (χ0v) is 10.3. The Bertz CT molecular complexity index is 378. The highest BCUT2D eigenvalue weighted by Gasteiger charge is 2.30. The van der Waals surface area contributed by atoms with Crippen LogP contribution in [0.3, 0.4) is 0 Å². The molecule has 0 saturated carbocycles. The summed E-state index contributed by atoms with van der Waals surface area (Å²) in [5, 5.41) is 3.14. The SMILES string of the molecule is CCCNC(C)(Cc1ccc(F)cc1)C(N)=O. The van der Waals surface area contributed by atoms with E-state index in [9.17, 15) is 9.18 Å². The Hall–Kier alpha value is -1.42. The minimum Gasteiger partial charge on any atom is -0.368 e. The zero-order valence-electron chi connectivity index (χ0n) is 10.3. The predicted octanol–water partition coefficient (Wildman–Crippen LogP) is 1.61. The van der Waals surface area contributed by atoms with Crippen LogP contribution in [0.2, 0.25) is 0 Å². The highest BCUT2D eigenvalue weighted by atomic mass is 19.1. The molecular formula is C13H19FN2O. The van der Waals surface area contributed by atoms with Gasteiger partial charge in [-0.25, -0.2) is 4.39 Å². The molecule has 0 fully saturated rings. The molecular weight excluding hydrogens is 219 g/mol. The van der Waals surface area contributed by atoms with Gasteiger partial charge in [-0.15, -0.1) is 0 Å². The van der Waals surface area contributed by atoms with Gasteiger partial charge >= 0.3 is 0 Å². The van der Waals surface area contributed by atoms with Crippen molar-refractivity contribution in [1.29, 1.82) is 0 Å². The van der Waals surface area contributed by atoms with Gasteiger partial charge in [-0.1, -0.05) is 19.1 Å². The molecule has 3 nitrogen and oxygen atoms in total. The van der Waals surface area contributed by atoms with Crippen LogP contribution in [0.5, 0.6) is 0 Å². The van der Waals surface area contributed by atoms with Crippen molar-refractivity contribution in [2.24, 2.45) is 5.73 Å². The van der Waals surface area contributed by atoms with Gasteiger partial charge in [-0.05, 0) is 44.0 Å². The van der Waals surface area contributed by atoms with Gasteiger partial charge in [-0.3, -0.25) is 4.79 Å². The summed E-state index contributed by atoms with van der Waals surface area (Å²) >= 11 is 0. The van der Waals surface area contributed by atoms with Crippen molar-refractivity contribution in [2.75, 3.05) is 6.54 Å². The van der Waals surface area contributed by atoms with E-state index < -0.39 is 11.4 Å². The second-order valence-corrected chi connectivity index (χ2v) is 4.43. The number of hydrogen-bond donors (Lipinski definition) is 2. The molecule has 3 N–H and O–H groups in total. The largest absolute Gasteiger partial charge is 0.368 e. The van der Waals surface area contributed by atoms with Crippen molar-refractivity contribution < 1.29 is 9.18 Å². The van der Waals surface area contributed by atoms with Crippen molar-refractivity contribution in [1.82, 2.24) is 5.32 Å². The molecule has 1 aromatic carbocycles. The first-order valence-corrected chi connectivity index (χ1v) is 5.77. The standard InChI is InChI=1S/C13H19FN2O/c1-3-8-16-13(2,12(15)17)9-10-4-6-11(14)7-5-10/h4-7,16H,3,8-9H2,1-2H3,(H2,15,17). The fraction of sp³-hybridized carbons (Fsp3) is 0.462. The van der Waals surface area contributed by atoms with Crippen molar-refractivity contribution in [3.63, 3.8) is 0 Å². The molecule has 0 aliphatic rings. The van der Waals surface area contributed by atoms with E-state index in [1.54, 1.807) is 19.1 Å². The number of halogens is 1. The second-order valence-electron chi connectivity index (χ2n) is 4.43. The Morgan fingerprint density at radius 2 is 2.00 bits per heavy atom. The molecule has 1 atom stereocenters. The van der Waals surface area contributed by atoms with Gasteiger partial charge < -0.3 is 11.1 Å². The van der Waals surface area contributed by atoms with E-state index in [1.807, 2.05) is 6.92 Å². The number of amides is 1. The zero-order chi connectivity index (χ0) is 12.9. The molecule has 4 heteroatoms. The van der Waals surface area contributed by atoms with E-state index in [2.05, 4.69) is 5.32 Å². The predicted molar refractivity (Wildman–Crippen MR) is 66.0 cm³/mol. The lowest BCUT2D eigenvalue weighted by Crippen LogP contribution is -2.54. The molecule has 0 aromatic heterocycles. The molecule has 1 unspecified atom stereocenters. The molecule has 0 aliphatic heterocycles. The van der Waals surface area contributed by atoms with Crippen molar-refractivity contribution >= 4 is 5.91 Å². The van der Waals surface area contributed by atoms with E-state index in [0.29, 0.717) is 6.42 Å². The van der Waals surface area contributed by atoms with Gasteiger partial charge in [0.1, 0.15) is 5.82 Å². The first kappa shape index (κ1) is 13.6. The lowest BCUT2D eigenvalue weighted by molar-refractivity contribution is -0.123. The molecule has 1 aromatic rings. The minimum atomic E-state index is -0.784. The fourth-order valence-electron chi connectivity index (χ4n) is 1.65. The molecule has 0 radical (unpaired) electrons. The van der Waals surface area contributed by atoms with Crippen LogP contribution in [0, 0.1) is 5.82 Å². The Kier molecular flexibility index (Phi) is 4.63. The van der Waals surface area contributed by atoms with Crippen LogP contribution >= 0.6 is 0 Å². The maximum absolute atomic E-state index is 12.8. The quantitative estimate of drug-likeness (QED) is 0.791. The van der Waals surface area contributed by atoms with Gasteiger partial charge in [0.05, 0.1) is 5.54 Å². The number of hydrogen-bond acceptors (Lipinski definition) is 2. The third-order valence-corrected chi connectivity index (χ3v) is 2.78. The number of carbonyl (C=O) groups is 1. The molecule has 0 bridgehead atoms. The third-order valence-electron chi connectivity index (χ3n) is 2.78. The molecule has 0 heterocycles. The smallest absolute Gasteiger partial charge is 0.237 e. The summed E-state index contributed by atoms with van der Waals surface area (Å²) in [5.41, 5.74) is 5.52. The van der Waals surface area contributed by atoms with Gasteiger partial charge in [0, 0.05) is 0 Å². The van der Waals surface area contributed by atoms with Gasteiger partial charge in [0.2, 0.25) is 5.91 Å². The Morgan fingerprint density at radius 1 is 1.41 bits per heavy atom. The van der Waals surface area contributed by atoms with Crippen molar-refractivity contribution in [3.8, 4) is 0 Å². The second kappa shape index (κ2) is 5.77. The van der Waals surface area contributed by atoms with Gasteiger partial charge in [-0.2, -0.15) is 0 Å². The number of carbonyl (C=O) groups excluding carboxylic acids is 1. The Morgan fingerprint density at radius 3 is 2.47 bits per heavy atom. The molecule has 94 valence electrons. The summed E-state index contributed by atoms with van der Waals surface area (Å²) < 4.78 is 12.8. The lowest BCUT2D eigenvalue weighted by Gasteiger charge is -2.27. The molecule has 0 aliphatic carbocycles. The Labute approximate surface area is 101 Å². The number of primary amides is 1. The molecule has 0 spiro atoms. The number of nitrogens with one attached hydrogen (secondary N) is 1. The molecule has 0 saturated heterocycles. The maximum atomic E-state index is 12.8. The summed E-state index contributed by atoms with van der Waals surface area (Å²) in [7, 11) is 0. The lowest BCUT2D eigenvalue weighted by atomic mass is 9.92. The summed E-state index contributed by atoms with van der Waals surface area (Å²) in [6, 6.07) is 6.11. The summed E-state index contributed by atoms with van der Waals surface area (Å²) in [6.45, 7) is 4.52. The summed E-state index contributed by atoms with van der Waals surface area (Å²) in [6.07, 6.45) is 1.38. The average molecular weight is 238 g/mol. The molecule has 1 amide bonds. The normalized spacial score (nSPS) is 14.3. The number of nitrogens with two attached hydrogens (primary N) is 1. The van der Waals surface area contributed by atoms with Crippen LogP contribution in [0.1, 0.15) is 25.8 Å². The fourth-order valence-corrected chi connectivity index (χ4v) is 1.65. The van der Waals surface area contributed by atoms with E-state index in [1.165, 1.54) is 12.1 Å². The van der Waals surface area contributed by atoms with Gasteiger partial charge in [0.15, 0.2) is 0 Å². The van der Waals surface area contributed by atoms with Crippen molar-refractivity contribution in [3.05, 3.63) is 35.6 Å². The number of benzene rings is 1. The van der Waals surface area contributed by atoms with Crippen LogP contribution in [0.25, 0.3) is 0 Å². The van der Waals surface area contributed by atoms with Gasteiger partial charge in [0.25, 0.3) is 0 Å². The van der Waals surface area contributed by atoms with Crippen LogP contribution in [0.4, 0.5) is 4.39 Å². The van der Waals surface area contributed by atoms with Crippen molar-refractivity contribution in [2.45, 2.75) is 32.2 Å². The van der Waals surface area contributed by atoms with Crippen LogP contribution in [0.15, 0.2) is 24.3 Å². The molecule has 1 rings (SSSR count). The molecule has 17 heavy (non-hydrogen) atoms. The first-order chi connectivity index (χ1) is 7.98. The van der Waals surface area contributed by atoms with Crippen LogP contribution in [-0.2, 0) is 11.2 Å². The third kappa shape index (κ3) is 3.82. The van der Waals surface area contributed by atoms with Crippen LogP contribution < -0.4 is 11.1 Å². The van der Waals surface area contributed by atoms with E-state index in [4.69, 9.17) is 5.73 Å². The van der Waals surface area contributed by atoms with E-state index >= 15 is 0 Å². The van der Waals surface area contributed by atoms with E-state index in [0.717, 1.165) is 18.5 Å². The summed E-state index contributed by atoms with van der Waals surface area (Å²) in [5.74, 6) is -0.675. The van der Waals surface area contributed by atoms with E-state index in [-0.39, 0.29) is 5.82 Å². The monoisotopic (exact) mass is 238 g/mol.